The zero-order chi connectivity index (χ0) is 15.6. The summed E-state index contributed by atoms with van der Waals surface area (Å²) in [7, 11) is 2.06. The predicted octanol–water partition coefficient (Wildman–Crippen LogP) is 0.786. The van der Waals surface area contributed by atoms with Crippen molar-refractivity contribution in [3.05, 3.63) is 18.3 Å². The summed E-state index contributed by atoms with van der Waals surface area (Å²) in [4.78, 5) is 20.6. The van der Waals surface area contributed by atoms with Crippen LogP contribution in [-0.4, -0.2) is 55.1 Å². The third-order valence-electron chi connectivity index (χ3n) is 3.48. The summed E-state index contributed by atoms with van der Waals surface area (Å²) < 4.78 is 5.46. The number of carbonyl (C=O) groups is 1. The maximum absolute atomic E-state index is 12.2. The quantitative estimate of drug-likeness (QED) is 0.717. The third kappa shape index (κ3) is 4.13. The average molecular weight is 289 g/mol. The van der Waals surface area contributed by atoms with Gasteiger partial charge in [0.2, 0.25) is 0 Å². The number of nitrogens with zero attached hydrogens (tertiary/aromatic N) is 3. The lowest BCUT2D eigenvalue weighted by atomic mass is 9.97. The van der Waals surface area contributed by atoms with Crippen molar-refractivity contribution in [1.82, 2.24) is 9.88 Å². The predicted molar refractivity (Wildman–Crippen MR) is 87.0 cm³/mol. The molecule has 0 N–H and O–H groups in total. The van der Waals surface area contributed by atoms with Crippen LogP contribution in [0, 0.1) is 0 Å². The summed E-state index contributed by atoms with van der Waals surface area (Å²) in [6.07, 6.45) is 1.60. The number of carbonyl (C=O) groups excluding carboxylic acids is 1. The molecule has 0 saturated carbocycles. The zero-order valence-electron chi connectivity index (χ0n) is 13.6. The summed E-state index contributed by atoms with van der Waals surface area (Å²) in [5.41, 5.74) is 0.744. The van der Waals surface area contributed by atoms with Gasteiger partial charge in [-0.1, -0.05) is 5.46 Å². The highest BCUT2D eigenvalue weighted by Crippen LogP contribution is 2.18. The zero-order valence-corrected chi connectivity index (χ0v) is 13.6. The summed E-state index contributed by atoms with van der Waals surface area (Å²) in [6.45, 7) is 9.93. The van der Waals surface area contributed by atoms with E-state index in [0.717, 1.165) is 18.9 Å². The van der Waals surface area contributed by atoms with Crippen molar-refractivity contribution in [3.63, 3.8) is 0 Å². The van der Waals surface area contributed by atoms with E-state index in [1.807, 2.05) is 40.0 Å². The number of amides is 1. The monoisotopic (exact) mass is 289 g/mol. The van der Waals surface area contributed by atoms with Gasteiger partial charge in [-0.3, -0.25) is 0 Å². The smallest absolute Gasteiger partial charge is 0.410 e. The molecule has 1 aromatic rings. The number of hydrogen-bond donors (Lipinski definition) is 0. The summed E-state index contributed by atoms with van der Waals surface area (Å²) in [5.74, 6) is 0.977. The van der Waals surface area contributed by atoms with Gasteiger partial charge in [0.25, 0.3) is 0 Å². The first-order valence-electron chi connectivity index (χ1n) is 7.43. The highest BCUT2D eigenvalue weighted by molar-refractivity contribution is 6.32. The van der Waals surface area contributed by atoms with Gasteiger partial charge in [-0.25, -0.2) is 9.78 Å². The first-order valence-corrected chi connectivity index (χ1v) is 7.43. The Bertz CT molecular complexity index is 516. The second-order valence-corrected chi connectivity index (χ2v) is 6.66. The van der Waals surface area contributed by atoms with Crippen LogP contribution in [0.25, 0.3) is 0 Å². The molecule has 0 aliphatic carbocycles. The van der Waals surface area contributed by atoms with Crippen molar-refractivity contribution in [2.24, 2.45) is 0 Å². The molecule has 1 atom stereocenters. The Morgan fingerprint density at radius 1 is 1.43 bits per heavy atom. The summed E-state index contributed by atoms with van der Waals surface area (Å²) in [5, 5.41) is 0. The molecule has 1 amide bonds. The van der Waals surface area contributed by atoms with Gasteiger partial charge >= 0.3 is 6.09 Å². The standard InChI is InChI=1S/C15H24BN3O2/c1-11-10-18(13-9-12(16)5-6-17-13)7-8-19(11)14(20)21-15(2,3)4/h5-6,9,11H,7-8,10,16H2,1-4H3/t11-/m0/s1. The largest absolute Gasteiger partial charge is 0.444 e. The maximum Gasteiger partial charge on any atom is 0.410 e. The van der Waals surface area contributed by atoms with Crippen LogP contribution in [0.2, 0.25) is 0 Å². The third-order valence-corrected chi connectivity index (χ3v) is 3.48. The van der Waals surface area contributed by atoms with E-state index in [1.54, 1.807) is 4.90 Å². The Labute approximate surface area is 127 Å². The van der Waals surface area contributed by atoms with Crippen molar-refractivity contribution in [1.29, 1.82) is 0 Å². The van der Waals surface area contributed by atoms with E-state index in [4.69, 9.17) is 4.74 Å². The van der Waals surface area contributed by atoms with Crippen LogP contribution in [-0.2, 0) is 4.74 Å². The van der Waals surface area contributed by atoms with Gasteiger partial charge in [-0.15, -0.1) is 0 Å². The van der Waals surface area contributed by atoms with Crippen LogP contribution in [0.15, 0.2) is 18.3 Å². The molecule has 21 heavy (non-hydrogen) atoms. The molecule has 1 aliphatic heterocycles. The Hall–Kier alpha value is -1.72. The molecule has 2 heterocycles. The molecule has 2 rings (SSSR count). The lowest BCUT2D eigenvalue weighted by Gasteiger charge is -2.40. The SMILES string of the molecule is Bc1ccnc(N2CCN(C(=O)OC(C)(C)C)[C@@H](C)C2)c1. The highest BCUT2D eigenvalue weighted by Gasteiger charge is 2.31. The number of hydrogen-bond acceptors (Lipinski definition) is 4. The van der Waals surface area contributed by atoms with E-state index in [1.165, 1.54) is 5.46 Å². The van der Waals surface area contributed by atoms with Gasteiger partial charge in [0.05, 0.1) is 0 Å². The molecule has 1 aromatic heterocycles. The normalized spacial score (nSPS) is 19.5. The Morgan fingerprint density at radius 2 is 2.14 bits per heavy atom. The van der Waals surface area contributed by atoms with Crippen molar-refractivity contribution < 1.29 is 9.53 Å². The van der Waals surface area contributed by atoms with Crippen molar-refractivity contribution >= 4 is 25.2 Å². The van der Waals surface area contributed by atoms with Gasteiger partial charge in [-0.2, -0.15) is 0 Å². The van der Waals surface area contributed by atoms with E-state index in [2.05, 4.69) is 23.8 Å². The van der Waals surface area contributed by atoms with Crippen LogP contribution in [0.4, 0.5) is 10.6 Å². The topological polar surface area (TPSA) is 45.7 Å². The molecular formula is C15H24BN3O2. The van der Waals surface area contributed by atoms with E-state index >= 15 is 0 Å². The second-order valence-electron chi connectivity index (χ2n) is 6.66. The fourth-order valence-electron chi connectivity index (χ4n) is 2.45. The first-order chi connectivity index (χ1) is 9.76. The molecule has 114 valence electrons. The van der Waals surface area contributed by atoms with E-state index < -0.39 is 5.60 Å². The van der Waals surface area contributed by atoms with Crippen molar-refractivity contribution in [2.75, 3.05) is 24.5 Å². The minimum Gasteiger partial charge on any atom is -0.444 e. The molecule has 5 nitrogen and oxygen atoms in total. The lowest BCUT2D eigenvalue weighted by Crippen LogP contribution is -2.55. The molecule has 0 radical (unpaired) electrons. The van der Waals surface area contributed by atoms with Crippen LogP contribution in [0.3, 0.4) is 0 Å². The Kier molecular flexibility index (Phi) is 4.44. The fraction of sp³-hybridized carbons (Fsp3) is 0.600. The molecule has 1 fully saturated rings. The van der Waals surface area contributed by atoms with Crippen LogP contribution < -0.4 is 10.4 Å². The number of rotatable bonds is 1. The minimum atomic E-state index is -0.452. The number of ether oxygens (including phenoxy) is 1. The minimum absolute atomic E-state index is 0.107. The molecule has 0 aromatic carbocycles. The van der Waals surface area contributed by atoms with Crippen LogP contribution in [0.1, 0.15) is 27.7 Å². The number of piperazine rings is 1. The maximum atomic E-state index is 12.2. The molecule has 1 saturated heterocycles. The molecule has 0 unspecified atom stereocenters. The van der Waals surface area contributed by atoms with E-state index in [-0.39, 0.29) is 12.1 Å². The van der Waals surface area contributed by atoms with E-state index in [9.17, 15) is 4.79 Å². The lowest BCUT2D eigenvalue weighted by molar-refractivity contribution is 0.0158. The summed E-state index contributed by atoms with van der Waals surface area (Å²) in [6, 6.07) is 4.18. The Balaban J connectivity index is 2.01. The second kappa shape index (κ2) is 5.96. The summed E-state index contributed by atoms with van der Waals surface area (Å²) >= 11 is 0. The fourth-order valence-corrected chi connectivity index (χ4v) is 2.45. The molecule has 0 bridgehead atoms. The molecule has 1 aliphatic rings. The van der Waals surface area contributed by atoms with Crippen LogP contribution in [0.5, 0.6) is 0 Å². The average Bonchev–Trinajstić information content (AvgIpc) is 2.36. The number of anilines is 1. The number of pyridine rings is 1. The van der Waals surface area contributed by atoms with Gasteiger partial charge in [0.1, 0.15) is 19.3 Å². The Morgan fingerprint density at radius 3 is 2.71 bits per heavy atom. The van der Waals surface area contributed by atoms with Gasteiger partial charge in [0, 0.05) is 31.9 Å². The van der Waals surface area contributed by atoms with Crippen LogP contribution >= 0.6 is 0 Å². The van der Waals surface area contributed by atoms with Gasteiger partial charge in [0.15, 0.2) is 0 Å². The molecule has 0 spiro atoms. The van der Waals surface area contributed by atoms with Gasteiger partial charge in [-0.05, 0) is 39.8 Å². The molecular weight excluding hydrogens is 265 g/mol. The molecule has 6 heteroatoms. The number of aromatic nitrogens is 1. The van der Waals surface area contributed by atoms with E-state index in [0.29, 0.717) is 6.54 Å². The highest BCUT2D eigenvalue weighted by atomic mass is 16.6. The van der Waals surface area contributed by atoms with Crippen molar-refractivity contribution in [2.45, 2.75) is 39.3 Å². The van der Waals surface area contributed by atoms with Crippen molar-refractivity contribution in [3.8, 4) is 0 Å². The van der Waals surface area contributed by atoms with Gasteiger partial charge < -0.3 is 14.5 Å². The first kappa shape index (κ1) is 15.7.